The SMILES string of the molecule is CCS(=O)(=O)c1nnnn1CCn1nnnc1S(=O)(=O)CC. The number of hydrogen-bond acceptors (Lipinski definition) is 10. The quantitative estimate of drug-likeness (QED) is 0.544. The van der Waals surface area contributed by atoms with Crippen molar-refractivity contribution in [1.29, 1.82) is 0 Å². The average Bonchev–Trinajstić information content (AvgIpc) is 3.14. The molecule has 2 rings (SSSR count). The van der Waals surface area contributed by atoms with Gasteiger partial charge < -0.3 is 0 Å². The third kappa shape index (κ3) is 3.11. The molecule has 0 saturated carbocycles. The molecule has 0 amide bonds. The molecule has 0 spiro atoms. The molecule has 14 heteroatoms. The zero-order valence-electron chi connectivity index (χ0n) is 11.9. The van der Waals surface area contributed by atoms with Gasteiger partial charge in [0.25, 0.3) is 10.3 Å². The third-order valence-corrected chi connectivity index (χ3v) is 6.06. The van der Waals surface area contributed by atoms with Crippen molar-refractivity contribution in [3.63, 3.8) is 0 Å². The van der Waals surface area contributed by atoms with Crippen molar-refractivity contribution in [1.82, 2.24) is 40.4 Å². The van der Waals surface area contributed by atoms with Gasteiger partial charge in [0, 0.05) is 0 Å². The van der Waals surface area contributed by atoms with E-state index in [1.165, 1.54) is 13.8 Å². The third-order valence-electron chi connectivity index (χ3n) is 2.84. The molecular weight excluding hydrogens is 336 g/mol. The van der Waals surface area contributed by atoms with E-state index in [0.29, 0.717) is 0 Å². The molecule has 0 unspecified atom stereocenters. The summed E-state index contributed by atoms with van der Waals surface area (Å²) >= 11 is 0. The Morgan fingerprint density at radius 1 is 0.773 bits per heavy atom. The first-order chi connectivity index (χ1) is 10.3. The molecule has 22 heavy (non-hydrogen) atoms. The van der Waals surface area contributed by atoms with E-state index in [4.69, 9.17) is 0 Å². The Morgan fingerprint density at radius 3 is 1.45 bits per heavy atom. The standard InChI is InChI=1S/C8H14N8O4S2/c1-3-21(17,18)7-9-11-13-15(7)5-6-16-8(10-12-14-16)22(19,20)4-2/h3-6H2,1-2H3. The Bertz CT molecular complexity index is 780. The van der Waals surface area contributed by atoms with Gasteiger partial charge in [0.2, 0.25) is 19.7 Å². The second-order valence-corrected chi connectivity index (χ2v) is 8.52. The van der Waals surface area contributed by atoms with Crippen LogP contribution in [0.25, 0.3) is 0 Å². The van der Waals surface area contributed by atoms with Crippen molar-refractivity contribution >= 4 is 19.7 Å². The number of tetrazole rings is 2. The fourth-order valence-electron chi connectivity index (χ4n) is 1.57. The summed E-state index contributed by atoms with van der Waals surface area (Å²) in [7, 11) is -7.14. The molecule has 2 aromatic rings. The minimum absolute atomic E-state index is 0.0127. The number of aryl methyl sites for hydroxylation is 2. The monoisotopic (exact) mass is 350 g/mol. The van der Waals surface area contributed by atoms with E-state index < -0.39 is 19.7 Å². The van der Waals surface area contributed by atoms with E-state index in [0.717, 1.165) is 9.36 Å². The molecule has 0 saturated heterocycles. The molecule has 0 aromatic carbocycles. The van der Waals surface area contributed by atoms with Gasteiger partial charge in [0.1, 0.15) is 0 Å². The van der Waals surface area contributed by atoms with Crippen LogP contribution in [0, 0.1) is 0 Å². The van der Waals surface area contributed by atoms with Crippen LogP contribution in [0.5, 0.6) is 0 Å². The van der Waals surface area contributed by atoms with Gasteiger partial charge in [0.15, 0.2) is 0 Å². The lowest BCUT2D eigenvalue weighted by molar-refractivity contribution is 0.429. The van der Waals surface area contributed by atoms with Crippen LogP contribution in [-0.4, -0.2) is 68.8 Å². The Morgan fingerprint density at radius 2 is 1.14 bits per heavy atom. The molecular formula is C8H14N8O4S2. The second-order valence-electron chi connectivity index (χ2n) is 4.18. The molecule has 0 aliphatic carbocycles. The summed E-state index contributed by atoms with van der Waals surface area (Å²) in [5.41, 5.74) is 0. The van der Waals surface area contributed by atoms with Crippen LogP contribution in [0.15, 0.2) is 10.3 Å². The van der Waals surface area contributed by atoms with E-state index in [1.54, 1.807) is 0 Å². The second kappa shape index (κ2) is 6.04. The number of nitrogens with zero attached hydrogens (tertiary/aromatic N) is 8. The van der Waals surface area contributed by atoms with Gasteiger partial charge in [0.05, 0.1) is 24.6 Å². The first-order valence-corrected chi connectivity index (χ1v) is 9.60. The summed E-state index contributed by atoms with van der Waals surface area (Å²) < 4.78 is 49.4. The van der Waals surface area contributed by atoms with Crippen LogP contribution in [0.4, 0.5) is 0 Å². The molecule has 0 fully saturated rings. The van der Waals surface area contributed by atoms with Crippen LogP contribution >= 0.6 is 0 Å². The van der Waals surface area contributed by atoms with Gasteiger partial charge in [-0.25, -0.2) is 26.2 Å². The Kier molecular flexibility index (Phi) is 4.50. The molecule has 122 valence electrons. The highest BCUT2D eigenvalue weighted by Crippen LogP contribution is 2.08. The minimum atomic E-state index is -3.57. The lowest BCUT2D eigenvalue weighted by Gasteiger charge is -2.06. The summed E-state index contributed by atoms with van der Waals surface area (Å²) in [6, 6.07) is 0. The number of rotatable bonds is 7. The van der Waals surface area contributed by atoms with E-state index in [9.17, 15) is 16.8 Å². The fourth-order valence-corrected chi connectivity index (χ4v) is 3.30. The van der Waals surface area contributed by atoms with Crippen molar-refractivity contribution in [2.24, 2.45) is 0 Å². The smallest absolute Gasteiger partial charge is 0.220 e. The molecule has 0 radical (unpaired) electrons. The lowest BCUT2D eigenvalue weighted by Crippen LogP contribution is -2.19. The lowest BCUT2D eigenvalue weighted by atomic mass is 10.6. The van der Waals surface area contributed by atoms with Crippen LogP contribution in [0.3, 0.4) is 0 Å². The average molecular weight is 350 g/mol. The molecule has 2 aromatic heterocycles. The summed E-state index contributed by atoms with van der Waals surface area (Å²) in [5.74, 6) is -0.290. The first-order valence-electron chi connectivity index (χ1n) is 6.29. The highest BCUT2D eigenvalue weighted by Gasteiger charge is 2.23. The Hall–Kier alpha value is -1.96. The summed E-state index contributed by atoms with van der Waals surface area (Å²) in [6.07, 6.45) is 0. The van der Waals surface area contributed by atoms with Crippen LogP contribution in [0.2, 0.25) is 0 Å². The zero-order chi connectivity index (χ0) is 16.4. The van der Waals surface area contributed by atoms with Gasteiger partial charge in [-0.2, -0.15) is 0 Å². The normalized spacial score (nSPS) is 12.6. The van der Waals surface area contributed by atoms with Gasteiger partial charge in [-0.15, -0.1) is 0 Å². The van der Waals surface area contributed by atoms with Crippen LogP contribution < -0.4 is 0 Å². The van der Waals surface area contributed by atoms with Crippen molar-refractivity contribution in [3.05, 3.63) is 0 Å². The molecule has 0 N–H and O–H groups in total. The van der Waals surface area contributed by atoms with Gasteiger partial charge in [-0.1, -0.05) is 24.0 Å². The van der Waals surface area contributed by atoms with E-state index >= 15 is 0 Å². The molecule has 12 nitrogen and oxygen atoms in total. The Labute approximate surface area is 126 Å². The number of aromatic nitrogens is 8. The predicted octanol–water partition coefficient (Wildman–Crippen LogP) is -2.05. The number of sulfone groups is 2. The van der Waals surface area contributed by atoms with Gasteiger partial charge in [-0.3, -0.25) is 0 Å². The highest BCUT2D eigenvalue weighted by atomic mass is 32.2. The van der Waals surface area contributed by atoms with E-state index in [-0.39, 0.29) is 34.9 Å². The summed E-state index contributed by atoms with van der Waals surface area (Å²) in [5, 5.41) is 20.2. The molecule has 0 atom stereocenters. The minimum Gasteiger partial charge on any atom is -0.220 e. The van der Waals surface area contributed by atoms with E-state index in [1.807, 2.05) is 0 Å². The van der Waals surface area contributed by atoms with Crippen molar-refractivity contribution in [3.8, 4) is 0 Å². The molecule has 0 bridgehead atoms. The maximum Gasteiger partial charge on any atom is 0.267 e. The van der Waals surface area contributed by atoms with Crippen LogP contribution in [-0.2, 0) is 32.8 Å². The fraction of sp³-hybridized carbons (Fsp3) is 0.750. The zero-order valence-corrected chi connectivity index (χ0v) is 13.5. The Balaban J connectivity index is 2.24. The van der Waals surface area contributed by atoms with Gasteiger partial charge in [-0.05, 0) is 20.9 Å². The topological polar surface area (TPSA) is 155 Å². The van der Waals surface area contributed by atoms with Crippen molar-refractivity contribution < 1.29 is 16.8 Å². The molecule has 2 heterocycles. The predicted molar refractivity (Wildman–Crippen MR) is 71.1 cm³/mol. The number of hydrogen-bond donors (Lipinski definition) is 0. The maximum atomic E-state index is 11.8. The van der Waals surface area contributed by atoms with Gasteiger partial charge >= 0.3 is 0 Å². The summed E-state index contributed by atoms with van der Waals surface area (Å²) in [4.78, 5) is 0. The van der Waals surface area contributed by atoms with Crippen molar-refractivity contribution in [2.75, 3.05) is 11.5 Å². The largest absolute Gasteiger partial charge is 0.267 e. The summed E-state index contributed by atoms with van der Waals surface area (Å²) in [6.45, 7) is 2.97. The van der Waals surface area contributed by atoms with Crippen LogP contribution in [0.1, 0.15) is 13.8 Å². The molecule has 0 aliphatic heterocycles. The first kappa shape index (κ1) is 16.4. The molecule has 0 aliphatic rings. The van der Waals surface area contributed by atoms with Crippen molar-refractivity contribution in [2.45, 2.75) is 37.2 Å². The van der Waals surface area contributed by atoms with E-state index in [2.05, 4.69) is 31.1 Å². The maximum absolute atomic E-state index is 11.8. The highest BCUT2D eigenvalue weighted by molar-refractivity contribution is 7.91.